The topological polar surface area (TPSA) is 52.0 Å². The van der Waals surface area contributed by atoms with Gasteiger partial charge in [-0.15, -0.1) is 0 Å². The second kappa shape index (κ2) is 5.89. The summed E-state index contributed by atoms with van der Waals surface area (Å²) in [6, 6.07) is 0. The minimum Gasteiger partial charge on any atom is -0.404 e. The zero-order valence-electron chi connectivity index (χ0n) is 7.96. The summed E-state index contributed by atoms with van der Waals surface area (Å²) < 4.78 is 0. The zero-order valence-corrected chi connectivity index (χ0v) is 7.96. The van der Waals surface area contributed by atoms with Gasteiger partial charge in [0, 0.05) is 12.4 Å². The van der Waals surface area contributed by atoms with Gasteiger partial charge in [-0.25, -0.2) is 0 Å². The van der Waals surface area contributed by atoms with Gasteiger partial charge in [-0.2, -0.15) is 0 Å². The van der Waals surface area contributed by atoms with Gasteiger partial charge in [0.05, 0.1) is 0 Å². The second-order valence-electron chi connectivity index (χ2n) is 2.63. The molecular formula is C11H16N2. The van der Waals surface area contributed by atoms with Gasteiger partial charge in [-0.3, -0.25) is 0 Å². The molecule has 0 aliphatic carbocycles. The van der Waals surface area contributed by atoms with E-state index < -0.39 is 0 Å². The second-order valence-corrected chi connectivity index (χ2v) is 2.63. The first-order valence-corrected chi connectivity index (χ1v) is 3.96. The average molecular weight is 176 g/mol. The highest BCUT2D eigenvalue weighted by Crippen LogP contribution is 2.10. The third kappa shape index (κ3) is 4.01. The zero-order chi connectivity index (χ0) is 10.3. The molecule has 70 valence electrons. The highest BCUT2D eigenvalue weighted by atomic mass is 14.5. The van der Waals surface area contributed by atoms with Crippen molar-refractivity contribution in [2.45, 2.75) is 6.92 Å². The molecule has 0 saturated carbocycles. The molecule has 0 aliphatic rings. The van der Waals surface area contributed by atoms with Crippen LogP contribution in [-0.4, -0.2) is 0 Å². The minimum atomic E-state index is 0.806. The monoisotopic (exact) mass is 176 g/mol. The van der Waals surface area contributed by atoms with Crippen molar-refractivity contribution in [3.63, 3.8) is 0 Å². The maximum absolute atomic E-state index is 5.42. The summed E-state index contributed by atoms with van der Waals surface area (Å²) in [6.45, 7) is 9.27. The molecule has 0 aromatic rings. The summed E-state index contributed by atoms with van der Waals surface area (Å²) in [7, 11) is 0. The van der Waals surface area contributed by atoms with Gasteiger partial charge >= 0.3 is 0 Å². The van der Waals surface area contributed by atoms with E-state index in [9.17, 15) is 0 Å². The molecule has 0 fully saturated rings. The van der Waals surface area contributed by atoms with Crippen LogP contribution < -0.4 is 11.5 Å². The fourth-order valence-corrected chi connectivity index (χ4v) is 0.762. The molecule has 2 heteroatoms. The van der Waals surface area contributed by atoms with Crippen molar-refractivity contribution in [2.75, 3.05) is 0 Å². The summed E-state index contributed by atoms with van der Waals surface area (Å²) in [5, 5.41) is 0. The lowest BCUT2D eigenvalue weighted by Crippen LogP contribution is -1.92. The highest BCUT2D eigenvalue weighted by Gasteiger charge is 1.94. The summed E-state index contributed by atoms with van der Waals surface area (Å²) in [6.07, 6.45) is 8.32. The first-order valence-electron chi connectivity index (χ1n) is 3.96. The van der Waals surface area contributed by atoms with E-state index in [4.69, 9.17) is 11.5 Å². The van der Waals surface area contributed by atoms with E-state index in [1.807, 2.05) is 19.1 Å². The predicted molar refractivity (Wildman–Crippen MR) is 58.7 cm³/mol. The Labute approximate surface area is 79.6 Å². The standard InChI is InChI=1S/C11H16N2/c1-4-10(7-12)11(8-13)6-5-9(2)3/h4-8H,1-2,12-13H2,3H3/b6-5-,10-7+,11-8+. The largest absolute Gasteiger partial charge is 0.404 e. The first-order chi connectivity index (χ1) is 6.15. The van der Waals surface area contributed by atoms with E-state index in [0.717, 1.165) is 16.7 Å². The van der Waals surface area contributed by atoms with Gasteiger partial charge in [-0.1, -0.05) is 37.0 Å². The van der Waals surface area contributed by atoms with Crippen LogP contribution in [0.2, 0.25) is 0 Å². The van der Waals surface area contributed by atoms with Crippen molar-refractivity contribution >= 4 is 0 Å². The fraction of sp³-hybridized carbons (Fsp3) is 0.0909. The van der Waals surface area contributed by atoms with Gasteiger partial charge < -0.3 is 11.5 Å². The molecule has 0 radical (unpaired) electrons. The predicted octanol–water partition coefficient (Wildman–Crippen LogP) is 1.99. The molecule has 0 aliphatic heterocycles. The van der Waals surface area contributed by atoms with Crippen LogP contribution in [0, 0.1) is 0 Å². The van der Waals surface area contributed by atoms with Gasteiger partial charge in [0.1, 0.15) is 0 Å². The summed E-state index contributed by atoms with van der Waals surface area (Å²) in [4.78, 5) is 0. The highest BCUT2D eigenvalue weighted by molar-refractivity contribution is 5.45. The smallest absolute Gasteiger partial charge is 0.00181 e. The normalized spacial score (nSPS) is 13.3. The first kappa shape index (κ1) is 11.3. The fourth-order valence-electron chi connectivity index (χ4n) is 0.762. The molecule has 4 N–H and O–H groups in total. The number of allylic oxidation sites excluding steroid dienone is 6. The number of nitrogens with two attached hydrogens (primary N) is 2. The summed E-state index contributed by atoms with van der Waals surface area (Å²) in [5.74, 6) is 0. The Kier molecular flexibility index (Phi) is 5.12. The van der Waals surface area contributed by atoms with E-state index in [1.54, 1.807) is 6.08 Å². The minimum absolute atomic E-state index is 0.806. The van der Waals surface area contributed by atoms with Crippen LogP contribution in [0.25, 0.3) is 0 Å². The number of hydrogen-bond donors (Lipinski definition) is 2. The molecule has 0 saturated heterocycles. The molecule has 0 rings (SSSR count). The molecule has 0 heterocycles. The van der Waals surface area contributed by atoms with Gasteiger partial charge in [0.15, 0.2) is 0 Å². The van der Waals surface area contributed by atoms with Gasteiger partial charge in [-0.05, 0) is 18.1 Å². The maximum Gasteiger partial charge on any atom is 0.00181 e. The van der Waals surface area contributed by atoms with Crippen molar-refractivity contribution in [1.29, 1.82) is 0 Å². The quantitative estimate of drug-likeness (QED) is 0.643. The summed E-state index contributed by atoms with van der Waals surface area (Å²) in [5.41, 5.74) is 13.4. The maximum atomic E-state index is 5.42. The van der Waals surface area contributed by atoms with Crippen molar-refractivity contribution in [1.82, 2.24) is 0 Å². The number of hydrogen-bond acceptors (Lipinski definition) is 2. The lowest BCUT2D eigenvalue weighted by molar-refractivity contribution is 1.41. The average Bonchev–Trinajstić information content (AvgIpc) is 2.11. The van der Waals surface area contributed by atoms with E-state index >= 15 is 0 Å². The Bertz CT molecular complexity index is 280. The molecule has 0 atom stereocenters. The summed E-state index contributed by atoms with van der Waals surface area (Å²) >= 11 is 0. The van der Waals surface area contributed by atoms with Crippen LogP contribution in [0.5, 0.6) is 0 Å². The van der Waals surface area contributed by atoms with Crippen molar-refractivity contribution in [3.8, 4) is 0 Å². The number of rotatable bonds is 4. The Morgan fingerprint density at radius 1 is 1.08 bits per heavy atom. The van der Waals surface area contributed by atoms with Crippen molar-refractivity contribution in [3.05, 3.63) is 60.5 Å². The molecule has 0 aromatic heterocycles. The van der Waals surface area contributed by atoms with E-state index in [1.165, 1.54) is 12.4 Å². The van der Waals surface area contributed by atoms with Crippen LogP contribution >= 0.6 is 0 Å². The van der Waals surface area contributed by atoms with Gasteiger partial charge in [0.2, 0.25) is 0 Å². The SMILES string of the molecule is C=CC(=C\N)/C(/C=C\C(=C)C)=C/N. The van der Waals surface area contributed by atoms with Crippen molar-refractivity contribution in [2.24, 2.45) is 11.5 Å². The Morgan fingerprint density at radius 3 is 1.92 bits per heavy atom. The molecule has 2 nitrogen and oxygen atoms in total. The van der Waals surface area contributed by atoms with Crippen LogP contribution in [0.3, 0.4) is 0 Å². The molecular weight excluding hydrogens is 160 g/mol. The van der Waals surface area contributed by atoms with E-state index in [-0.39, 0.29) is 0 Å². The van der Waals surface area contributed by atoms with E-state index in [0.29, 0.717) is 0 Å². The molecule has 0 aromatic carbocycles. The van der Waals surface area contributed by atoms with Crippen LogP contribution in [0.4, 0.5) is 0 Å². The van der Waals surface area contributed by atoms with Crippen molar-refractivity contribution < 1.29 is 0 Å². The molecule has 0 bridgehead atoms. The van der Waals surface area contributed by atoms with E-state index in [2.05, 4.69) is 13.2 Å². The lowest BCUT2D eigenvalue weighted by Gasteiger charge is -2.00. The lowest BCUT2D eigenvalue weighted by atomic mass is 10.1. The third-order valence-electron chi connectivity index (χ3n) is 1.46. The third-order valence-corrected chi connectivity index (χ3v) is 1.46. The Morgan fingerprint density at radius 2 is 1.62 bits per heavy atom. The molecule has 0 spiro atoms. The molecule has 13 heavy (non-hydrogen) atoms. The molecule has 0 amide bonds. The van der Waals surface area contributed by atoms with Gasteiger partial charge in [0.25, 0.3) is 0 Å². The van der Waals surface area contributed by atoms with Crippen LogP contribution in [0.15, 0.2) is 60.5 Å². The van der Waals surface area contributed by atoms with Crippen LogP contribution in [-0.2, 0) is 0 Å². The Hall–Kier alpha value is -1.70. The molecule has 0 unspecified atom stereocenters. The van der Waals surface area contributed by atoms with Crippen LogP contribution in [0.1, 0.15) is 6.92 Å². The Balaban J connectivity index is 4.74.